The Morgan fingerprint density at radius 2 is 1.68 bits per heavy atom. The maximum absolute atomic E-state index is 11.5. The van der Waals surface area contributed by atoms with Crippen molar-refractivity contribution >= 4 is 13.1 Å². The predicted octanol–water partition coefficient (Wildman–Crippen LogP) is 3.42. The zero-order chi connectivity index (χ0) is 16.1. The van der Waals surface area contributed by atoms with Crippen LogP contribution < -0.4 is 0 Å². The van der Waals surface area contributed by atoms with Crippen LogP contribution in [0.4, 0.5) is 0 Å². The van der Waals surface area contributed by atoms with E-state index in [1.54, 1.807) is 0 Å². The summed E-state index contributed by atoms with van der Waals surface area (Å²) >= 11 is 0. The van der Waals surface area contributed by atoms with Gasteiger partial charge in [0.15, 0.2) is 0 Å². The molecule has 22 heavy (non-hydrogen) atoms. The lowest BCUT2D eigenvalue weighted by molar-refractivity contribution is 0.00578. The number of rotatable bonds is 3. The molecule has 1 aromatic carbocycles. The molecular weight excluding hydrogens is 279 g/mol. The van der Waals surface area contributed by atoms with Gasteiger partial charge >= 0.3 is 13.1 Å². The first-order valence-electron chi connectivity index (χ1n) is 7.79. The highest BCUT2D eigenvalue weighted by Crippen LogP contribution is 2.58. The zero-order valence-electron chi connectivity index (χ0n) is 13.9. The number of carbonyl (C=O) groups excluding carboxylic acids is 1. The van der Waals surface area contributed by atoms with Gasteiger partial charge in [0.05, 0.1) is 23.9 Å². The van der Waals surface area contributed by atoms with E-state index in [4.69, 9.17) is 14.0 Å². The quantitative estimate of drug-likeness (QED) is 0.634. The van der Waals surface area contributed by atoms with Gasteiger partial charge in [0.25, 0.3) is 0 Å². The SMILES string of the molecule is COC(=O)c1ccc([C@@H]2C[C@@H]2B2OC(C)(C)C(C)(C)O2)cc1. The molecule has 1 aromatic rings. The van der Waals surface area contributed by atoms with E-state index in [1.165, 1.54) is 12.7 Å². The molecule has 0 unspecified atom stereocenters. The summed E-state index contributed by atoms with van der Waals surface area (Å²) < 4.78 is 17.0. The van der Waals surface area contributed by atoms with Gasteiger partial charge in [-0.2, -0.15) is 0 Å². The summed E-state index contributed by atoms with van der Waals surface area (Å²) in [6.07, 6.45) is 1.06. The van der Waals surface area contributed by atoms with Crippen LogP contribution in [0.25, 0.3) is 0 Å². The van der Waals surface area contributed by atoms with Crippen molar-refractivity contribution < 1.29 is 18.8 Å². The fraction of sp³-hybridized carbons (Fsp3) is 0.588. The lowest BCUT2D eigenvalue weighted by Gasteiger charge is -2.32. The number of hydrogen-bond donors (Lipinski definition) is 0. The van der Waals surface area contributed by atoms with Gasteiger partial charge < -0.3 is 14.0 Å². The zero-order valence-corrected chi connectivity index (χ0v) is 13.9. The fourth-order valence-electron chi connectivity index (χ4n) is 2.95. The molecule has 0 radical (unpaired) electrons. The number of esters is 1. The molecule has 1 saturated carbocycles. The third-order valence-corrected chi connectivity index (χ3v) is 5.22. The molecule has 118 valence electrons. The standard InChI is InChI=1S/C17H23BO4/c1-16(2)17(3,4)22-18(21-16)14-10-13(14)11-6-8-12(9-7-11)15(19)20-5/h6-9,13-14H,10H2,1-5H3/t13-,14-/m0/s1. The van der Waals surface area contributed by atoms with Gasteiger partial charge in [-0.1, -0.05) is 12.1 Å². The second-order valence-electron chi connectivity index (χ2n) is 7.24. The molecule has 0 spiro atoms. The molecule has 1 heterocycles. The van der Waals surface area contributed by atoms with Gasteiger partial charge in [0, 0.05) is 5.82 Å². The van der Waals surface area contributed by atoms with Crippen LogP contribution in [0, 0.1) is 0 Å². The Kier molecular flexibility index (Phi) is 3.61. The van der Waals surface area contributed by atoms with Crippen LogP contribution in [0.3, 0.4) is 0 Å². The summed E-state index contributed by atoms with van der Waals surface area (Å²) in [7, 11) is 1.25. The summed E-state index contributed by atoms with van der Waals surface area (Å²) in [5, 5.41) is 0. The van der Waals surface area contributed by atoms with Crippen LogP contribution in [0.15, 0.2) is 24.3 Å². The van der Waals surface area contributed by atoms with Crippen molar-refractivity contribution in [1.29, 1.82) is 0 Å². The Morgan fingerprint density at radius 1 is 1.14 bits per heavy atom. The predicted molar refractivity (Wildman–Crippen MR) is 85.0 cm³/mol. The van der Waals surface area contributed by atoms with Gasteiger partial charge in [0.2, 0.25) is 0 Å². The molecule has 0 bridgehead atoms. The minimum Gasteiger partial charge on any atom is -0.465 e. The topological polar surface area (TPSA) is 44.8 Å². The maximum atomic E-state index is 11.5. The summed E-state index contributed by atoms with van der Waals surface area (Å²) in [6.45, 7) is 8.32. The van der Waals surface area contributed by atoms with Crippen molar-refractivity contribution in [2.24, 2.45) is 0 Å². The van der Waals surface area contributed by atoms with E-state index >= 15 is 0 Å². The highest BCUT2D eigenvalue weighted by molar-refractivity contribution is 6.49. The Hall–Kier alpha value is -1.33. The minimum atomic E-state index is -0.301. The van der Waals surface area contributed by atoms with Crippen LogP contribution in [-0.4, -0.2) is 31.4 Å². The second kappa shape index (κ2) is 5.10. The molecule has 2 aliphatic rings. The van der Waals surface area contributed by atoms with E-state index in [-0.39, 0.29) is 24.3 Å². The van der Waals surface area contributed by atoms with Crippen molar-refractivity contribution in [3.05, 3.63) is 35.4 Å². The summed E-state index contributed by atoms with van der Waals surface area (Å²) in [6, 6.07) is 7.64. The van der Waals surface area contributed by atoms with Crippen LogP contribution in [-0.2, 0) is 14.0 Å². The first-order chi connectivity index (χ1) is 10.2. The van der Waals surface area contributed by atoms with Crippen LogP contribution in [0.5, 0.6) is 0 Å². The van der Waals surface area contributed by atoms with Crippen LogP contribution in [0.1, 0.15) is 56.0 Å². The molecular formula is C17H23BO4. The minimum absolute atomic E-state index is 0.143. The van der Waals surface area contributed by atoms with Crippen molar-refractivity contribution in [3.63, 3.8) is 0 Å². The summed E-state index contributed by atoms with van der Waals surface area (Å²) in [5.74, 6) is 0.538. The lowest BCUT2D eigenvalue weighted by atomic mass is 9.79. The molecule has 0 aromatic heterocycles. The van der Waals surface area contributed by atoms with E-state index in [9.17, 15) is 4.79 Å². The summed E-state index contributed by atoms with van der Waals surface area (Å²) in [5.41, 5.74) is 1.26. The molecule has 0 N–H and O–H groups in total. The average molecular weight is 302 g/mol. The molecule has 2 fully saturated rings. The third kappa shape index (κ3) is 2.57. The molecule has 1 aliphatic heterocycles. The Bertz CT molecular complexity index is 563. The smallest absolute Gasteiger partial charge is 0.461 e. The van der Waals surface area contributed by atoms with Gasteiger partial charge in [-0.3, -0.25) is 0 Å². The summed E-state index contributed by atoms with van der Waals surface area (Å²) in [4.78, 5) is 11.5. The Labute approximate surface area is 132 Å². The number of carbonyl (C=O) groups is 1. The fourth-order valence-corrected chi connectivity index (χ4v) is 2.95. The average Bonchev–Trinajstić information content (AvgIpc) is 3.21. The monoisotopic (exact) mass is 302 g/mol. The van der Waals surface area contributed by atoms with Crippen molar-refractivity contribution in [1.82, 2.24) is 0 Å². The first-order valence-corrected chi connectivity index (χ1v) is 7.79. The Balaban J connectivity index is 1.67. The van der Waals surface area contributed by atoms with E-state index in [2.05, 4.69) is 27.7 Å². The molecule has 4 nitrogen and oxygen atoms in total. The molecule has 5 heteroatoms. The van der Waals surface area contributed by atoms with Crippen molar-refractivity contribution in [3.8, 4) is 0 Å². The number of ether oxygens (including phenoxy) is 1. The van der Waals surface area contributed by atoms with Gasteiger partial charge in [0.1, 0.15) is 0 Å². The van der Waals surface area contributed by atoms with Crippen LogP contribution in [0.2, 0.25) is 5.82 Å². The van der Waals surface area contributed by atoms with E-state index in [1.807, 2.05) is 24.3 Å². The highest BCUT2D eigenvalue weighted by Gasteiger charge is 2.59. The molecule has 0 amide bonds. The number of methoxy groups -OCH3 is 1. The van der Waals surface area contributed by atoms with Crippen LogP contribution >= 0.6 is 0 Å². The molecule has 2 atom stereocenters. The van der Waals surface area contributed by atoms with Gasteiger partial charge in [-0.05, 0) is 57.7 Å². The Morgan fingerprint density at radius 3 is 2.18 bits per heavy atom. The lowest BCUT2D eigenvalue weighted by Crippen LogP contribution is -2.41. The number of hydrogen-bond acceptors (Lipinski definition) is 4. The van der Waals surface area contributed by atoms with Crippen molar-refractivity contribution in [2.75, 3.05) is 7.11 Å². The van der Waals surface area contributed by atoms with E-state index < -0.39 is 0 Å². The third-order valence-electron chi connectivity index (χ3n) is 5.22. The normalized spacial score (nSPS) is 28.5. The molecule has 3 rings (SSSR count). The maximum Gasteiger partial charge on any atom is 0.461 e. The van der Waals surface area contributed by atoms with Crippen molar-refractivity contribution in [2.45, 2.75) is 57.1 Å². The largest absolute Gasteiger partial charge is 0.465 e. The second-order valence-corrected chi connectivity index (χ2v) is 7.24. The molecule has 1 saturated heterocycles. The highest BCUT2D eigenvalue weighted by atomic mass is 16.7. The van der Waals surface area contributed by atoms with E-state index in [0.717, 1.165) is 6.42 Å². The van der Waals surface area contributed by atoms with E-state index in [0.29, 0.717) is 17.3 Å². The van der Waals surface area contributed by atoms with Gasteiger partial charge in [-0.25, -0.2) is 4.79 Å². The first kappa shape index (κ1) is 15.6. The number of benzene rings is 1. The van der Waals surface area contributed by atoms with Gasteiger partial charge in [-0.15, -0.1) is 0 Å². The molecule has 1 aliphatic carbocycles.